The number of rotatable bonds is 4. The molecular formula is C15H16FN3O2S. The fourth-order valence-electron chi connectivity index (χ4n) is 2.54. The molecule has 0 bridgehead atoms. The van der Waals surface area contributed by atoms with E-state index in [0.717, 1.165) is 11.8 Å². The van der Waals surface area contributed by atoms with Crippen molar-refractivity contribution < 1.29 is 12.8 Å². The minimum absolute atomic E-state index is 0.00857. The molecule has 0 unspecified atom stereocenters. The van der Waals surface area contributed by atoms with E-state index in [9.17, 15) is 12.8 Å². The molecule has 116 valence electrons. The van der Waals surface area contributed by atoms with Gasteiger partial charge in [-0.15, -0.1) is 0 Å². The first-order valence-electron chi connectivity index (χ1n) is 6.98. The second-order valence-corrected chi connectivity index (χ2v) is 7.07. The van der Waals surface area contributed by atoms with E-state index in [2.05, 4.69) is 10.3 Å². The first-order valence-corrected chi connectivity index (χ1v) is 8.42. The van der Waals surface area contributed by atoms with Gasteiger partial charge in [-0.25, -0.2) is 12.8 Å². The van der Waals surface area contributed by atoms with Crippen LogP contribution in [0.15, 0.2) is 53.7 Å². The van der Waals surface area contributed by atoms with Crippen molar-refractivity contribution >= 4 is 15.7 Å². The van der Waals surface area contributed by atoms with Crippen molar-refractivity contribution in [1.29, 1.82) is 0 Å². The first-order chi connectivity index (χ1) is 10.6. The lowest BCUT2D eigenvalue weighted by Gasteiger charge is -2.18. The molecular weight excluding hydrogens is 305 g/mol. The van der Waals surface area contributed by atoms with Crippen molar-refractivity contribution in [2.45, 2.75) is 17.4 Å². The van der Waals surface area contributed by atoms with Crippen LogP contribution in [0.1, 0.15) is 6.42 Å². The van der Waals surface area contributed by atoms with Gasteiger partial charge in [-0.1, -0.05) is 12.1 Å². The molecule has 0 saturated carbocycles. The normalized spacial score (nSPS) is 19.2. The third kappa shape index (κ3) is 2.95. The number of hydrogen-bond acceptors (Lipinski definition) is 4. The van der Waals surface area contributed by atoms with Crippen LogP contribution in [0.4, 0.5) is 10.1 Å². The van der Waals surface area contributed by atoms with Gasteiger partial charge in [0.2, 0.25) is 10.0 Å². The molecule has 1 fully saturated rings. The van der Waals surface area contributed by atoms with Crippen LogP contribution in [-0.2, 0) is 10.0 Å². The number of benzene rings is 1. The largest absolute Gasteiger partial charge is 0.380 e. The summed E-state index contributed by atoms with van der Waals surface area (Å²) < 4.78 is 40.1. The van der Waals surface area contributed by atoms with Crippen LogP contribution in [0.5, 0.6) is 0 Å². The van der Waals surface area contributed by atoms with E-state index >= 15 is 0 Å². The lowest BCUT2D eigenvalue weighted by Crippen LogP contribution is -2.32. The van der Waals surface area contributed by atoms with E-state index in [1.54, 1.807) is 12.4 Å². The molecule has 1 saturated heterocycles. The van der Waals surface area contributed by atoms with Gasteiger partial charge in [-0.2, -0.15) is 4.31 Å². The average molecular weight is 321 g/mol. The van der Waals surface area contributed by atoms with Gasteiger partial charge in [-0.05, 0) is 30.7 Å². The summed E-state index contributed by atoms with van der Waals surface area (Å²) >= 11 is 0. The van der Waals surface area contributed by atoms with Crippen LogP contribution in [0.3, 0.4) is 0 Å². The molecule has 3 rings (SSSR count). The molecule has 1 aliphatic rings. The summed E-state index contributed by atoms with van der Waals surface area (Å²) in [6.07, 6.45) is 4.03. The zero-order valence-corrected chi connectivity index (χ0v) is 12.6. The van der Waals surface area contributed by atoms with Gasteiger partial charge in [0, 0.05) is 31.5 Å². The summed E-state index contributed by atoms with van der Waals surface area (Å²) in [6, 6.07) is 9.14. The second-order valence-electron chi connectivity index (χ2n) is 5.17. The SMILES string of the molecule is O=S(=O)(c1ccccc1F)N1CC[C@@H](Nc2cccnc2)C1. The fourth-order valence-corrected chi connectivity index (χ4v) is 4.11. The van der Waals surface area contributed by atoms with Crippen molar-refractivity contribution in [2.75, 3.05) is 18.4 Å². The molecule has 0 radical (unpaired) electrons. The smallest absolute Gasteiger partial charge is 0.246 e. The fraction of sp³-hybridized carbons (Fsp3) is 0.267. The molecule has 0 spiro atoms. The Bertz CT molecular complexity index is 752. The topological polar surface area (TPSA) is 62.3 Å². The number of halogens is 1. The van der Waals surface area contributed by atoms with Crippen LogP contribution in [0.2, 0.25) is 0 Å². The third-order valence-corrected chi connectivity index (χ3v) is 5.54. The summed E-state index contributed by atoms with van der Waals surface area (Å²) in [5.41, 5.74) is 0.845. The lowest BCUT2D eigenvalue weighted by atomic mass is 10.2. The van der Waals surface area contributed by atoms with Gasteiger partial charge >= 0.3 is 0 Å². The summed E-state index contributed by atoms with van der Waals surface area (Å²) in [5, 5.41) is 3.25. The molecule has 1 aliphatic heterocycles. The molecule has 22 heavy (non-hydrogen) atoms. The molecule has 2 aromatic rings. The Kier molecular flexibility index (Phi) is 4.08. The van der Waals surface area contributed by atoms with E-state index in [-0.39, 0.29) is 10.9 Å². The zero-order chi connectivity index (χ0) is 15.6. The van der Waals surface area contributed by atoms with Crippen LogP contribution < -0.4 is 5.32 Å². The maximum Gasteiger partial charge on any atom is 0.246 e. The molecule has 1 atom stereocenters. The number of aromatic nitrogens is 1. The summed E-state index contributed by atoms with van der Waals surface area (Å²) in [6.45, 7) is 0.681. The maximum atomic E-state index is 13.8. The van der Waals surface area contributed by atoms with Crippen molar-refractivity contribution in [1.82, 2.24) is 9.29 Å². The minimum atomic E-state index is -3.79. The number of pyridine rings is 1. The third-order valence-electron chi connectivity index (χ3n) is 3.64. The molecule has 0 amide bonds. The zero-order valence-electron chi connectivity index (χ0n) is 11.8. The van der Waals surface area contributed by atoms with Gasteiger partial charge in [0.05, 0.1) is 5.69 Å². The highest BCUT2D eigenvalue weighted by Gasteiger charge is 2.33. The number of hydrogen-bond donors (Lipinski definition) is 1. The highest BCUT2D eigenvalue weighted by molar-refractivity contribution is 7.89. The standard InChI is InChI=1S/C15H16FN3O2S/c16-14-5-1-2-6-15(14)22(20,21)19-9-7-13(11-19)18-12-4-3-8-17-10-12/h1-6,8,10,13,18H,7,9,11H2/t13-/m1/s1. The molecule has 0 aliphatic carbocycles. The van der Waals surface area contributed by atoms with E-state index in [1.165, 1.54) is 22.5 Å². The predicted molar refractivity (Wildman–Crippen MR) is 81.4 cm³/mol. The van der Waals surface area contributed by atoms with Gasteiger partial charge in [-0.3, -0.25) is 4.98 Å². The van der Waals surface area contributed by atoms with E-state index < -0.39 is 15.8 Å². The molecule has 1 N–H and O–H groups in total. The number of anilines is 1. The van der Waals surface area contributed by atoms with Gasteiger partial charge in [0.15, 0.2) is 0 Å². The Morgan fingerprint density at radius 1 is 1.23 bits per heavy atom. The number of nitrogens with one attached hydrogen (secondary N) is 1. The highest BCUT2D eigenvalue weighted by atomic mass is 32.2. The highest BCUT2D eigenvalue weighted by Crippen LogP contribution is 2.24. The Morgan fingerprint density at radius 3 is 2.77 bits per heavy atom. The second kappa shape index (κ2) is 6.02. The Balaban J connectivity index is 1.74. The minimum Gasteiger partial charge on any atom is -0.380 e. The van der Waals surface area contributed by atoms with Crippen LogP contribution in [-0.4, -0.2) is 36.8 Å². The van der Waals surface area contributed by atoms with Crippen molar-refractivity contribution in [2.24, 2.45) is 0 Å². The Labute approximate surface area is 128 Å². The van der Waals surface area contributed by atoms with Crippen LogP contribution >= 0.6 is 0 Å². The lowest BCUT2D eigenvalue weighted by molar-refractivity contribution is 0.467. The van der Waals surface area contributed by atoms with Crippen molar-refractivity contribution in [3.05, 3.63) is 54.6 Å². The van der Waals surface area contributed by atoms with Gasteiger partial charge in [0.1, 0.15) is 10.7 Å². The number of nitrogens with zero attached hydrogens (tertiary/aromatic N) is 2. The quantitative estimate of drug-likeness (QED) is 0.937. The maximum absolute atomic E-state index is 13.8. The average Bonchev–Trinajstić information content (AvgIpc) is 2.98. The molecule has 1 aromatic carbocycles. The molecule has 7 heteroatoms. The molecule has 2 heterocycles. The summed E-state index contributed by atoms with van der Waals surface area (Å²) in [5.74, 6) is -0.717. The monoisotopic (exact) mass is 321 g/mol. The molecule has 1 aromatic heterocycles. The van der Waals surface area contributed by atoms with E-state index in [1.807, 2.05) is 12.1 Å². The van der Waals surface area contributed by atoms with E-state index in [0.29, 0.717) is 19.5 Å². The molecule has 5 nitrogen and oxygen atoms in total. The Hall–Kier alpha value is -1.99. The van der Waals surface area contributed by atoms with Gasteiger partial charge < -0.3 is 5.32 Å². The van der Waals surface area contributed by atoms with Crippen LogP contribution in [0.25, 0.3) is 0 Å². The summed E-state index contributed by atoms with van der Waals surface area (Å²) in [7, 11) is -3.79. The predicted octanol–water partition coefficient (Wildman–Crippen LogP) is 2.10. The van der Waals surface area contributed by atoms with E-state index in [4.69, 9.17) is 0 Å². The summed E-state index contributed by atoms with van der Waals surface area (Å²) in [4.78, 5) is 3.74. The Morgan fingerprint density at radius 2 is 2.05 bits per heavy atom. The first kappa shape index (κ1) is 14.9. The van der Waals surface area contributed by atoms with Crippen molar-refractivity contribution in [3.8, 4) is 0 Å². The van der Waals surface area contributed by atoms with Crippen LogP contribution in [0, 0.1) is 5.82 Å². The van der Waals surface area contributed by atoms with Gasteiger partial charge in [0.25, 0.3) is 0 Å². The van der Waals surface area contributed by atoms with Crippen molar-refractivity contribution in [3.63, 3.8) is 0 Å². The number of sulfonamides is 1.